The molecular formula is C22H34IN7O2. The second-order valence-corrected chi connectivity index (χ2v) is 7.27. The third kappa shape index (κ3) is 7.66. The molecular weight excluding hydrogens is 521 g/mol. The monoisotopic (exact) mass is 555 g/mol. The Kier molecular flexibility index (Phi) is 11.3. The molecule has 32 heavy (non-hydrogen) atoms. The lowest BCUT2D eigenvalue weighted by molar-refractivity contribution is 0.254. The van der Waals surface area contributed by atoms with E-state index < -0.39 is 0 Å². The van der Waals surface area contributed by atoms with Gasteiger partial charge in [-0.05, 0) is 36.7 Å². The van der Waals surface area contributed by atoms with E-state index >= 15 is 0 Å². The number of piperazine rings is 1. The van der Waals surface area contributed by atoms with Gasteiger partial charge in [0.05, 0.1) is 14.2 Å². The van der Waals surface area contributed by atoms with Crippen molar-refractivity contribution < 1.29 is 9.47 Å². The minimum atomic E-state index is 0. The first-order valence-electron chi connectivity index (χ1n) is 10.6. The molecule has 1 aromatic heterocycles. The zero-order valence-electron chi connectivity index (χ0n) is 19.1. The van der Waals surface area contributed by atoms with Crippen molar-refractivity contribution in [2.24, 2.45) is 4.99 Å². The van der Waals surface area contributed by atoms with Crippen LogP contribution in [-0.4, -0.2) is 81.4 Å². The highest BCUT2D eigenvalue weighted by atomic mass is 127. The van der Waals surface area contributed by atoms with Crippen molar-refractivity contribution in [2.45, 2.75) is 13.0 Å². The zero-order chi connectivity index (χ0) is 21.9. The summed E-state index contributed by atoms with van der Waals surface area (Å²) in [6, 6.07) is 7.75. The topological polar surface area (TPSA) is 87.1 Å². The molecule has 10 heteroatoms. The summed E-state index contributed by atoms with van der Waals surface area (Å²) in [6.07, 6.45) is 4.65. The molecule has 2 N–H and O–H groups in total. The number of nitrogens with one attached hydrogen (secondary N) is 2. The molecule has 176 valence electrons. The van der Waals surface area contributed by atoms with E-state index in [0.29, 0.717) is 6.54 Å². The molecule has 3 rings (SSSR count). The average molecular weight is 555 g/mol. The van der Waals surface area contributed by atoms with Crippen molar-refractivity contribution in [1.82, 2.24) is 25.5 Å². The van der Waals surface area contributed by atoms with Crippen molar-refractivity contribution in [1.29, 1.82) is 0 Å². The molecule has 0 unspecified atom stereocenters. The number of hydrogen-bond donors (Lipinski definition) is 2. The molecule has 0 atom stereocenters. The molecule has 0 bridgehead atoms. The number of ether oxygens (including phenoxy) is 2. The van der Waals surface area contributed by atoms with Gasteiger partial charge < -0.3 is 25.0 Å². The number of aliphatic imine (C=N–C) groups is 1. The van der Waals surface area contributed by atoms with Gasteiger partial charge in [-0.15, -0.1) is 24.0 Å². The Morgan fingerprint density at radius 3 is 2.41 bits per heavy atom. The summed E-state index contributed by atoms with van der Waals surface area (Å²) in [5.74, 6) is 3.07. The van der Waals surface area contributed by atoms with Gasteiger partial charge in [-0.1, -0.05) is 6.07 Å². The average Bonchev–Trinajstić information content (AvgIpc) is 2.84. The van der Waals surface area contributed by atoms with Gasteiger partial charge in [0.15, 0.2) is 17.5 Å². The predicted octanol–water partition coefficient (Wildman–Crippen LogP) is 1.99. The summed E-state index contributed by atoms with van der Waals surface area (Å²) in [5.41, 5.74) is 1.10. The Morgan fingerprint density at radius 1 is 1.03 bits per heavy atom. The largest absolute Gasteiger partial charge is 0.493 e. The lowest BCUT2D eigenvalue weighted by atomic mass is 10.2. The molecule has 0 amide bonds. The van der Waals surface area contributed by atoms with Gasteiger partial charge in [0.25, 0.3) is 0 Å². The Balaban J connectivity index is 0.00000363. The zero-order valence-corrected chi connectivity index (χ0v) is 21.4. The van der Waals surface area contributed by atoms with Crippen LogP contribution in [-0.2, 0) is 6.54 Å². The van der Waals surface area contributed by atoms with Crippen LogP contribution in [0.2, 0.25) is 0 Å². The molecule has 1 aliphatic rings. The van der Waals surface area contributed by atoms with Gasteiger partial charge in [-0.3, -0.25) is 9.89 Å². The van der Waals surface area contributed by atoms with Gasteiger partial charge in [-0.25, -0.2) is 9.97 Å². The van der Waals surface area contributed by atoms with Gasteiger partial charge in [0.2, 0.25) is 5.95 Å². The van der Waals surface area contributed by atoms with Crippen LogP contribution in [0.3, 0.4) is 0 Å². The maximum atomic E-state index is 5.37. The third-order valence-corrected chi connectivity index (χ3v) is 5.28. The number of anilines is 1. The Morgan fingerprint density at radius 2 is 1.75 bits per heavy atom. The number of halogens is 1. The quantitative estimate of drug-likeness (QED) is 0.210. The van der Waals surface area contributed by atoms with Crippen molar-refractivity contribution in [3.05, 3.63) is 42.2 Å². The van der Waals surface area contributed by atoms with Crippen LogP contribution in [0.25, 0.3) is 0 Å². The van der Waals surface area contributed by atoms with Crippen molar-refractivity contribution in [3.63, 3.8) is 0 Å². The SMILES string of the molecule is CN=C(NCCCN1CCN(c2ncccn2)CC1)NCc1ccc(OC)c(OC)c1.I. The van der Waals surface area contributed by atoms with Crippen LogP contribution in [0, 0.1) is 0 Å². The molecule has 0 spiro atoms. The number of aromatic nitrogens is 2. The van der Waals surface area contributed by atoms with E-state index in [4.69, 9.17) is 9.47 Å². The second-order valence-electron chi connectivity index (χ2n) is 7.27. The van der Waals surface area contributed by atoms with E-state index in [1.54, 1.807) is 33.7 Å². The first-order valence-corrected chi connectivity index (χ1v) is 10.6. The predicted molar refractivity (Wildman–Crippen MR) is 138 cm³/mol. The summed E-state index contributed by atoms with van der Waals surface area (Å²) in [4.78, 5) is 17.7. The van der Waals surface area contributed by atoms with Crippen LogP contribution in [0.1, 0.15) is 12.0 Å². The maximum absolute atomic E-state index is 5.37. The van der Waals surface area contributed by atoms with Crippen molar-refractivity contribution >= 4 is 35.9 Å². The molecule has 0 saturated carbocycles. The molecule has 2 aromatic rings. The second kappa shape index (κ2) is 13.9. The molecule has 2 heterocycles. The Labute approximate surface area is 207 Å². The van der Waals surface area contributed by atoms with Crippen LogP contribution in [0.4, 0.5) is 5.95 Å². The van der Waals surface area contributed by atoms with Crippen LogP contribution in [0.5, 0.6) is 11.5 Å². The summed E-state index contributed by atoms with van der Waals surface area (Å²) in [6.45, 7) is 6.58. The number of nitrogens with zero attached hydrogens (tertiary/aromatic N) is 5. The van der Waals surface area contributed by atoms with E-state index in [2.05, 4.69) is 35.4 Å². The highest BCUT2D eigenvalue weighted by Crippen LogP contribution is 2.27. The Bertz CT molecular complexity index is 830. The molecule has 0 aliphatic carbocycles. The summed E-state index contributed by atoms with van der Waals surface area (Å²) in [7, 11) is 5.07. The van der Waals surface area contributed by atoms with Gasteiger partial charge in [0.1, 0.15) is 0 Å². The fourth-order valence-electron chi connectivity index (χ4n) is 3.53. The third-order valence-electron chi connectivity index (χ3n) is 5.28. The van der Waals surface area contributed by atoms with Crippen molar-refractivity contribution in [2.75, 3.05) is 65.4 Å². The van der Waals surface area contributed by atoms with Crippen LogP contribution < -0.4 is 25.0 Å². The van der Waals surface area contributed by atoms with Crippen LogP contribution >= 0.6 is 24.0 Å². The highest BCUT2D eigenvalue weighted by molar-refractivity contribution is 14.0. The van der Waals surface area contributed by atoms with E-state index in [-0.39, 0.29) is 24.0 Å². The summed E-state index contributed by atoms with van der Waals surface area (Å²) < 4.78 is 10.7. The number of benzene rings is 1. The van der Waals surface area contributed by atoms with Crippen molar-refractivity contribution in [3.8, 4) is 11.5 Å². The number of guanidine groups is 1. The number of rotatable bonds is 9. The lowest BCUT2D eigenvalue weighted by Gasteiger charge is -2.34. The molecule has 1 saturated heterocycles. The maximum Gasteiger partial charge on any atom is 0.225 e. The van der Waals surface area contributed by atoms with E-state index in [9.17, 15) is 0 Å². The summed E-state index contributed by atoms with van der Waals surface area (Å²) >= 11 is 0. The first-order chi connectivity index (χ1) is 15.2. The van der Waals surface area contributed by atoms with Crippen LogP contribution in [0.15, 0.2) is 41.7 Å². The normalized spacial score (nSPS) is 14.5. The smallest absolute Gasteiger partial charge is 0.225 e. The number of methoxy groups -OCH3 is 2. The molecule has 0 radical (unpaired) electrons. The molecule has 1 fully saturated rings. The number of hydrogen-bond acceptors (Lipinski definition) is 7. The van der Waals surface area contributed by atoms with E-state index in [0.717, 1.165) is 74.7 Å². The molecule has 9 nitrogen and oxygen atoms in total. The van der Waals surface area contributed by atoms with Gasteiger partial charge in [0, 0.05) is 58.7 Å². The minimum absolute atomic E-state index is 0. The summed E-state index contributed by atoms with van der Waals surface area (Å²) in [5, 5.41) is 6.74. The van der Waals surface area contributed by atoms with E-state index in [1.165, 1.54) is 0 Å². The minimum Gasteiger partial charge on any atom is -0.493 e. The Hall–Kier alpha value is -2.34. The standard InChI is InChI=1S/C22H33N7O2.HI/c1-23-21(27-17-18-6-7-19(30-2)20(16-18)31-3)24-10-5-11-28-12-14-29(15-13-28)22-25-8-4-9-26-22;/h4,6-9,16H,5,10-15,17H2,1-3H3,(H2,23,24,27);1H. The molecule has 1 aromatic carbocycles. The van der Waals surface area contributed by atoms with E-state index in [1.807, 2.05) is 24.3 Å². The fourth-order valence-corrected chi connectivity index (χ4v) is 3.53. The molecule has 1 aliphatic heterocycles. The van der Waals surface area contributed by atoms with Gasteiger partial charge in [-0.2, -0.15) is 0 Å². The lowest BCUT2D eigenvalue weighted by Crippen LogP contribution is -2.47. The van der Waals surface area contributed by atoms with Gasteiger partial charge >= 0.3 is 0 Å². The first kappa shape index (κ1) is 25.9. The highest BCUT2D eigenvalue weighted by Gasteiger charge is 2.18. The fraction of sp³-hybridized carbons (Fsp3) is 0.500.